The first-order valence-electron chi connectivity index (χ1n) is 8.97. The second-order valence-electron chi connectivity index (χ2n) is 7.94. The maximum absolute atomic E-state index is 12.5. The average molecular weight is 440 g/mol. The van der Waals surface area contributed by atoms with Crippen LogP contribution in [-0.4, -0.2) is 17.5 Å². The second-order valence-corrected chi connectivity index (χ2v) is 11.7. The summed E-state index contributed by atoms with van der Waals surface area (Å²) in [5.74, 6) is -0.487. The van der Waals surface area contributed by atoms with Gasteiger partial charge in [-0.2, -0.15) is 0 Å². The number of rotatable bonds is 4. The van der Waals surface area contributed by atoms with Crippen molar-refractivity contribution in [3.63, 3.8) is 0 Å². The molecule has 1 aliphatic rings. The largest absolute Gasteiger partial charge is 0.362 e. The van der Waals surface area contributed by atoms with Gasteiger partial charge in [0.25, 0.3) is 5.91 Å². The van der Waals surface area contributed by atoms with Crippen molar-refractivity contribution in [2.24, 2.45) is 12.4 Å². The molecule has 28 heavy (non-hydrogen) atoms. The van der Waals surface area contributed by atoms with Crippen LogP contribution in [0.5, 0.6) is 0 Å². The van der Waals surface area contributed by atoms with E-state index in [2.05, 4.69) is 36.7 Å². The maximum atomic E-state index is 12.5. The minimum atomic E-state index is -0.904. The van der Waals surface area contributed by atoms with Gasteiger partial charge in [-0.3, -0.25) is 15.4 Å². The Kier molecular flexibility index (Phi) is 5.74. The van der Waals surface area contributed by atoms with Crippen molar-refractivity contribution < 1.29 is 9.59 Å². The molecule has 1 fully saturated rings. The van der Waals surface area contributed by atoms with Crippen molar-refractivity contribution >= 4 is 53.1 Å². The van der Waals surface area contributed by atoms with Crippen molar-refractivity contribution in [1.82, 2.24) is 5.32 Å². The number of benzene rings is 1. The van der Waals surface area contributed by atoms with Crippen LogP contribution in [0.1, 0.15) is 48.3 Å². The van der Waals surface area contributed by atoms with Crippen molar-refractivity contribution in [3.8, 4) is 0 Å². The molecule has 0 aliphatic carbocycles. The van der Waals surface area contributed by atoms with Crippen LogP contribution in [0.4, 0.5) is 15.5 Å². The van der Waals surface area contributed by atoms with Crippen LogP contribution in [-0.2, 0) is 12.2 Å². The van der Waals surface area contributed by atoms with Gasteiger partial charge in [-0.1, -0.05) is 22.9 Å². The fourth-order valence-corrected chi connectivity index (χ4v) is 8.19. The third-order valence-electron chi connectivity index (χ3n) is 4.95. The van der Waals surface area contributed by atoms with Gasteiger partial charge in [0.2, 0.25) is 9.90 Å². The molecule has 1 aromatic heterocycles. The van der Waals surface area contributed by atoms with Crippen molar-refractivity contribution in [2.45, 2.75) is 44.7 Å². The first-order valence-corrected chi connectivity index (χ1v) is 12.0. The van der Waals surface area contributed by atoms with E-state index >= 15 is 0 Å². The van der Waals surface area contributed by atoms with E-state index in [0.717, 1.165) is 12.8 Å². The summed E-state index contributed by atoms with van der Waals surface area (Å²) in [7, 11) is -0.904. The van der Waals surface area contributed by atoms with Gasteiger partial charge in [0.1, 0.15) is 6.66 Å². The Bertz CT molecular complexity index is 929. The lowest BCUT2D eigenvalue weighted by molar-refractivity contribution is 0.100. The molecule has 0 radical (unpaired) electrons. The molecule has 0 saturated carbocycles. The van der Waals surface area contributed by atoms with Gasteiger partial charge in [-0.05, 0) is 57.9 Å². The molecule has 1 aliphatic heterocycles. The molecular formula is C19H25ClN4O2PS+. The third kappa shape index (κ3) is 4.33. The highest BCUT2D eigenvalue weighted by Gasteiger charge is 2.48. The zero-order valence-electron chi connectivity index (χ0n) is 16.4. The lowest BCUT2D eigenvalue weighted by Gasteiger charge is -2.25. The quantitative estimate of drug-likeness (QED) is 0.518. The van der Waals surface area contributed by atoms with Crippen molar-refractivity contribution in [2.75, 3.05) is 10.6 Å². The van der Waals surface area contributed by atoms with Crippen molar-refractivity contribution in [1.29, 1.82) is 0 Å². The van der Waals surface area contributed by atoms with E-state index in [9.17, 15) is 9.59 Å². The van der Waals surface area contributed by atoms with Crippen LogP contribution in [0.25, 0.3) is 0 Å². The predicted molar refractivity (Wildman–Crippen MR) is 119 cm³/mol. The number of primary amides is 1. The van der Waals surface area contributed by atoms with Crippen LogP contribution >= 0.6 is 30.5 Å². The van der Waals surface area contributed by atoms with Crippen LogP contribution in [0.2, 0.25) is 5.02 Å². The Labute approximate surface area is 174 Å². The van der Waals surface area contributed by atoms with Gasteiger partial charge >= 0.3 is 6.03 Å². The van der Waals surface area contributed by atoms with Crippen molar-refractivity contribution in [3.05, 3.63) is 39.2 Å². The summed E-state index contributed by atoms with van der Waals surface area (Å²) >= 11 is 7.33. The van der Waals surface area contributed by atoms with Gasteiger partial charge in [0.15, 0.2) is 12.5 Å². The summed E-state index contributed by atoms with van der Waals surface area (Å²) in [6, 6.07) is 6.40. The highest BCUT2D eigenvalue weighted by Crippen LogP contribution is 2.54. The number of carbonyl (C=O) groups is 2. The lowest BCUT2D eigenvalue weighted by Crippen LogP contribution is -2.42. The molecule has 150 valence electrons. The minimum Gasteiger partial charge on any atom is -0.362 e. The fraction of sp³-hybridized carbons (Fsp3) is 0.421. The molecule has 2 atom stereocenters. The van der Waals surface area contributed by atoms with E-state index in [4.69, 9.17) is 17.3 Å². The number of urea groups is 1. The molecular weight excluding hydrogens is 415 g/mol. The third-order valence-corrected chi connectivity index (χ3v) is 9.82. The number of anilines is 2. The normalized spacial score (nSPS) is 21.4. The summed E-state index contributed by atoms with van der Waals surface area (Å²) in [4.78, 5) is 24.6. The lowest BCUT2D eigenvalue weighted by atomic mass is 10.0. The predicted octanol–water partition coefficient (Wildman–Crippen LogP) is 5.33. The SMILES string of the molecule is C[p+]1c(C2(C)CCC(C)(C)N2)sc(NC(=O)Nc2ccc(Cl)cc2)c1C(N)=O. The van der Waals surface area contributed by atoms with E-state index < -0.39 is 19.5 Å². The van der Waals surface area contributed by atoms with E-state index in [-0.39, 0.29) is 11.1 Å². The molecule has 2 unspecified atom stereocenters. The summed E-state index contributed by atoms with van der Waals surface area (Å²) in [5.41, 5.74) is 6.11. The standard InChI is InChI=1S/C19H24ClN4O2PS/c1-18(2)9-10-19(3,24-18)16-27(4)13(14(21)25)15(28-16)23-17(26)22-12-7-5-11(20)6-8-12/h5-8,24H,9-10H2,1-4H3,(H3-,21,22,23,25,26)/p+1. The Morgan fingerprint density at radius 3 is 2.36 bits per heavy atom. The Morgan fingerprint density at radius 2 is 1.82 bits per heavy atom. The fourth-order valence-electron chi connectivity index (χ4n) is 3.71. The smallest absolute Gasteiger partial charge is 0.324 e. The van der Waals surface area contributed by atoms with E-state index in [0.29, 0.717) is 21.0 Å². The van der Waals surface area contributed by atoms with Gasteiger partial charge < -0.3 is 11.1 Å². The first kappa shape index (κ1) is 21.1. The number of nitrogens with one attached hydrogen (secondary N) is 3. The minimum absolute atomic E-state index is 0.0352. The Hall–Kier alpha value is -1.66. The molecule has 6 nitrogen and oxygen atoms in total. The molecule has 1 saturated heterocycles. The zero-order chi connectivity index (χ0) is 20.7. The molecule has 0 spiro atoms. The van der Waals surface area contributed by atoms with Crippen LogP contribution < -0.4 is 21.7 Å². The summed E-state index contributed by atoms with van der Waals surface area (Å²) in [6.07, 6.45) is 2.02. The molecule has 9 heteroatoms. The molecule has 5 N–H and O–H groups in total. The number of hydrogen-bond acceptors (Lipinski definition) is 4. The maximum Gasteiger partial charge on any atom is 0.324 e. The Morgan fingerprint density at radius 1 is 1.18 bits per heavy atom. The van der Waals surface area contributed by atoms with Crippen LogP contribution in [0.15, 0.2) is 24.3 Å². The second kappa shape index (κ2) is 7.64. The molecule has 3 rings (SSSR count). The van der Waals surface area contributed by atoms with Gasteiger partial charge in [-0.25, -0.2) is 4.79 Å². The number of amides is 3. The molecule has 2 aromatic rings. The molecule has 0 bridgehead atoms. The highest BCUT2D eigenvalue weighted by molar-refractivity contribution is 7.58. The number of nitrogens with two attached hydrogens (primary N) is 1. The van der Waals surface area contributed by atoms with Crippen LogP contribution in [0, 0.1) is 0 Å². The number of carbonyl (C=O) groups excluding carboxylic acids is 2. The first-order chi connectivity index (χ1) is 13.0. The van der Waals surface area contributed by atoms with Gasteiger partial charge in [-0.15, -0.1) is 0 Å². The highest BCUT2D eigenvalue weighted by atomic mass is 35.5. The monoisotopic (exact) mass is 439 g/mol. The summed E-state index contributed by atoms with van der Waals surface area (Å²) in [6.45, 7) is 8.55. The van der Waals surface area contributed by atoms with E-state index in [1.165, 1.54) is 15.9 Å². The average Bonchev–Trinajstić information content (AvgIpc) is 3.06. The summed E-state index contributed by atoms with van der Waals surface area (Å²) in [5, 5.41) is 10.9. The van der Waals surface area contributed by atoms with Gasteiger partial charge in [0.05, 0.1) is 5.54 Å². The van der Waals surface area contributed by atoms with Crippen LogP contribution in [0.3, 0.4) is 0 Å². The zero-order valence-corrected chi connectivity index (χ0v) is 18.8. The van der Waals surface area contributed by atoms with E-state index in [1.54, 1.807) is 24.3 Å². The Balaban J connectivity index is 1.87. The number of halogens is 1. The topological polar surface area (TPSA) is 96.2 Å². The molecule has 1 aromatic carbocycles. The van der Waals surface area contributed by atoms with E-state index in [1.807, 2.05) is 6.66 Å². The van der Waals surface area contributed by atoms with Gasteiger partial charge in [0, 0.05) is 16.2 Å². The summed E-state index contributed by atoms with van der Waals surface area (Å²) < 4.78 is 1.17. The number of hydrogen-bond donors (Lipinski definition) is 4. The molecule has 2 heterocycles. The molecule has 3 amide bonds.